The Kier molecular flexibility index (Phi) is 4.71. The number of aromatic nitrogens is 1. The van der Waals surface area contributed by atoms with Gasteiger partial charge in [-0.25, -0.2) is 4.98 Å². The van der Waals surface area contributed by atoms with E-state index < -0.39 is 0 Å². The predicted octanol–water partition coefficient (Wildman–Crippen LogP) is 1.55. The quantitative estimate of drug-likeness (QED) is 0.929. The molecule has 1 fully saturated rings. The molecule has 1 aromatic heterocycles. The van der Waals surface area contributed by atoms with E-state index in [9.17, 15) is 4.79 Å². The van der Waals surface area contributed by atoms with E-state index in [1.54, 1.807) is 16.2 Å². The number of rotatable bonds is 4. The minimum Gasteiger partial charge on any atom is -0.338 e. The number of para-hydroxylation sites is 1. The van der Waals surface area contributed by atoms with Crippen LogP contribution < -0.4 is 5.32 Å². The maximum absolute atomic E-state index is 12.6. The summed E-state index contributed by atoms with van der Waals surface area (Å²) in [7, 11) is 1.87. The SMILES string of the molecule is CC(C(=O)N(C)Cc1nc2ccccc2s1)N1CCNCC1. The van der Waals surface area contributed by atoms with Crippen molar-refractivity contribution < 1.29 is 4.79 Å². The van der Waals surface area contributed by atoms with E-state index in [1.807, 2.05) is 32.2 Å². The number of carbonyl (C=O) groups excluding carboxylic acids is 1. The molecule has 0 radical (unpaired) electrons. The lowest BCUT2D eigenvalue weighted by Gasteiger charge is -2.33. The minimum absolute atomic E-state index is 0.0681. The summed E-state index contributed by atoms with van der Waals surface area (Å²) in [4.78, 5) is 21.3. The maximum Gasteiger partial charge on any atom is 0.239 e. The summed E-state index contributed by atoms with van der Waals surface area (Å²) in [6.07, 6.45) is 0. The minimum atomic E-state index is -0.0681. The van der Waals surface area contributed by atoms with Gasteiger partial charge in [-0.1, -0.05) is 12.1 Å². The van der Waals surface area contributed by atoms with Crippen molar-refractivity contribution in [3.05, 3.63) is 29.3 Å². The molecule has 3 rings (SSSR count). The second kappa shape index (κ2) is 6.73. The second-order valence-electron chi connectivity index (χ2n) is 5.73. The lowest BCUT2D eigenvalue weighted by Crippen LogP contribution is -2.52. The Morgan fingerprint density at radius 3 is 2.86 bits per heavy atom. The van der Waals surface area contributed by atoms with Crippen LogP contribution in [0.1, 0.15) is 11.9 Å². The molecule has 6 heteroatoms. The smallest absolute Gasteiger partial charge is 0.239 e. The highest BCUT2D eigenvalue weighted by Crippen LogP contribution is 2.22. The van der Waals surface area contributed by atoms with Gasteiger partial charge in [0.2, 0.25) is 5.91 Å². The normalized spacial score (nSPS) is 17.5. The third kappa shape index (κ3) is 3.29. The first-order valence-corrected chi connectivity index (χ1v) is 8.51. The van der Waals surface area contributed by atoms with Gasteiger partial charge in [0.25, 0.3) is 0 Å². The summed E-state index contributed by atoms with van der Waals surface area (Å²) in [6, 6.07) is 8.03. The van der Waals surface area contributed by atoms with Crippen molar-refractivity contribution in [1.82, 2.24) is 20.1 Å². The summed E-state index contributed by atoms with van der Waals surface area (Å²) in [6.45, 7) is 6.36. The van der Waals surface area contributed by atoms with Gasteiger partial charge in [-0.05, 0) is 19.1 Å². The van der Waals surface area contributed by atoms with E-state index in [0.29, 0.717) is 6.54 Å². The highest BCUT2D eigenvalue weighted by Gasteiger charge is 2.25. The number of nitrogens with one attached hydrogen (secondary N) is 1. The monoisotopic (exact) mass is 318 g/mol. The molecule has 1 saturated heterocycles. The average Bonchev–Trinajstić information content (AvgIpc) is 2.96. The second-order valence-corrected chi connectivity index (χ2v) is 6.85. The molecule has 2 aromatic rings. The van der Waals surface area contributed by atoms with Gasteiger partial charge >= 0.3 is 0 Å². The highest BCUT2D eigenvalue weighted by molar-refractivity contribution is 7.18. The molecule has 1 N–H and O–H groups in total. The number of hydrogen-bond donors (Lipinski definition) is 1. The number of benzene rings is 1. The number of thiazole rings is 1. The molecule has 1 aliphatic rings. The third-order valence-electron chi connectivity index (χ3n) is 4.14. The largest absolute Gasteiger partial charge is 0.338 e. The summed E-state index contributed by atoms with van der Waals surface area (Å²) in [5, 5.41) is 4.31. The molecule has 0 saturated carbocycles. The van der Waals surface area contributed by atoms with Gasteiger partial charge in [0.15, 0.2) is 0 Å². The molecule has 1 amide bonds. The predicted molar refractivity (Wildman–Crippen MR) is 90.0 cm³/mol. The molecule has 118 valence electrons. The van der Waals surface area contributed by atoms with Crippen LogP contribution >= 0.6 is 11.3 Å². The average molecular weight is 318 g/mol. The van der Waals surface area contributed by atoms with E-state index in [2.05, 4.69) is 21.3 Å². The fourth-order valence-corrected chi connectivity index (χ4v) is 3.83. The van der Waals surface area contributed by atoms with Crippen molar-refractivity contribution in [2.75, 3.05) is 33.2 Å². The van der Waals surface area contributed by atoms with Gasteiger partial charge in [0.1, 0.15) is 5.01 Å². The highest BCUT2D eigenvalue weighted by atomic mass is 32.1. The first kappa shape index (κ1) is 15.4. The van der Waals surface area contributed by atoms with Crippen LogP contribution in [0.4, 0.5) is 0 Å². The number of fused-ring (bicyclic) bond motifs is 1. The molecular formula is C16H22N4OS. The van der Waals surface area contributed by atoms with E-state index in [1.165, 1.54) is 4.70 Å². The first-order chi connectivity index (χ1) is 10.6. The topological polar surface area (TPSA) is 48.5 Å². The molecule has 0 spiro atoms. The van der Waals surface area contributed by atoms with Crippen LogP contribution in [0.5, 0.6) is 0 Å². The van der Waals surface area contributed by atoms with Gasteiger partial charge in [0.05, 0.1) is 22.8 Å². The van der Waals surface area contributed by atoms with Gasteiger partial charge in [-0.2, -0.15) is 0 Å². The van der Waals surface area contributed by atoms with Gasteiger partial charge in [0, 0.05) is 33.2 Å². The Hall–Kier alpha value is -1.50. The van der Waals surface area contributed by atoms with Gasteiger partial charge < -0.3 is 10.2 Å². The van der Waals surface area contributed by atoms with Crippen molar-refractivity contribution >= 4 is 27.5 Å². The molecule has 0 aliphatic carbocycles. The molecule has 0 bridgehead atoms. The van der Waals surface area contributed by atoms with Gasteiger partial charge in [-0.3, -0.25) is 9.69 Å². The first-order valence-electron chi connectivity index (χ1n) is 7.69. The summed E-state index contributed by atoms with van der Waals surface area (Å²) >= 11 is 1.66. The van der Waals surface area contributed by atoms with Crippen molar-refractivity contribution in [2.24, 2.45) is 0 Å². The number of hydrogen-bond acceptors (Lipinski definition) is 5. The van der Waals surface area contributed by atoms with E-state index in [-0.39, 0.29) is 11.9 Å². The fraction of sp³-hybridized carbons (Fsp3) is 0.500. The molecule has 1 atom stereocenters. The van der Waals surface area contributed by atoms with E-state index in [0.717, 1.165) is 36.7 Å². The van der Waals surface area contributed by atoms with Crippen LogP contribution in [0.2, 0.25) is 0 Å². The zero-order valence-corrected chi connectivity index (χ0v) is 13.9. The van der Waals surface area contributed by atoms with Crippen LogP contribution in [0.15, 0.2) is 24.3 Å². The summed E-state index contributed by atoms with van der Waals surface area (Å²) in [5.74, 6) is 0.168. The zero-order valence-electron chi connectivity index (χ0n) is 13.1. The molecular weight excluding hydrogens is 296 g/mol. The van der Waals surface area contributed by atoms with E-state index >= 15 is 0 Å². The fourth-order valence-electron chi connectivity index (χ4n) is 2.81. The molecule has 1 unspecified atom stereocenters. The van der Waals surface area contributed by atoms with Crippen molar-refractivity contribution in [3.63, 3.8) is 0 Å². The third-order valence-corrected chi connectivity index (χ3v) is 5.16. The van der Waals surface area contributed by atoms with Crippen molar-refractivity contribution in [2.45, 2.75) is 19.5 Å². The molecule has 2 heterocycles. The Morgan fingerprint density at radius 2 is 2.14 bits per heavy atom. The van der Waals surface area contributed by atoms with Crippen molar-refractivity contribution in [3.8, 4) is 0 Å². The molecule has 1 aliphatic heterocycles. The van der Waals surface area contributed by atoms with Crippen LogP contribution in [-0.4, -0.2) is 60.0 Å². The number of piperazine rings is 1. The Bertz CT molecular complexity index is 617. The summed E-state index contributed by atoms with van der Waals surface area (Å²) < 4.78 is 1.17. The number of nitrogens with zero attached hydrogens (tertiary/aromatic N) is 3. The zero-order chi connectivity index (χ0) is 15.5. The molecule has 1 aromatic carbocycles. The number of amides is 1. The maximum atomic E-state index is 12.6. The van der Waals surface area contributed by atoms with Crippen LogP contribution in [0, 0.1) is 0 Å². The van der Waals surface area contributed by atoms with E-state index in [4.69, 9.17) is 0 Å². The lowest BCUT2D eigenvalue weighted by molar-refractivity contribution is -0.135. The van der Waals surface area contributed by atoms with Crippen LogP contribution in [0.3, 0.4) is 0 Å². The lowest BCUT2D eigenvalue weighted by atomic mass is 10.2. The Balaban J connectivity index is 1.64. The number of likely N-dealkylation sites (N-methyl/N-ethyl adjacent to an activating group) is 1. The van der Waals surface area contributed by atoms with Crippen LogP contribution in [-0.2, 0) is 11.3 Å². The molecule has 22 heavy (non-hydrogen) atoms. The van der Waals surface area contributed by atoms with Gasteiger partial charge in [-0.15, -0.1) is 11.3 Å². The van der Waals surface area contributed by atoms with Crippen molar-refractivity contribution in [1.29, 1.82) is 0 Å². The molecule has 5 nitrogen and oxygen atoms in total. The standard InChI is InChI=1S/C16H22N4OS/c1-12(20-9-7-17-8-10-20)16(21)19(2)11-15-18-13-5-3-4-6-14(13)22-15/h3-6,12,17H,7-11H2,1-2H3. The Morgan fingerprint density at radius 1 is 1.41 bits per heavy atom. The summed E-state index contributed by atoms with van der Waals surface area (Å²) in [5.41, 5.74) is 1.01. The Labute approximate surface area is 134 Å². The van der Waals surface area contributed by atoms with Crippen LogP contribution in [0.25, 0.3) is 10.2 Å². The number of carbonyl (C=O) groups is 1.